The third-order valence-electron chi connectivity index (χ3n) is 2.50. The van der Waals surface area contributed by atoms with Crippen molar-refractivity contribution in [3.63, 3.8) is 0 Å². The Balaban J connectivity index is 2.18. The summed E-state index contributed by atoms with van der Waals surface area (Å²) in [6.45, 7) is 0.619. The number of nitrogens with two attached hydrogens (primary N) is 1. The molecule has 2 aromatic heterocycles. The second kappa shape index (κ2) is 4.69. The van der Waals surface area contributed by atoms with Gasteiger partial charge in [-0.3, -0.25) is 0 Å². The summed E-state index contributed by atoms with van der Waals surface area (Å²) in [7, 11) is 1.90. The Labute approximate surface area is 98.2 Å². The molecule has 3 N–H and O–H groups in total. The highest BCUT2D eigenvalue weighted by Crippen LogP contribution is 2.16. The van der Waals surface area contributed by atoms with Crippen molar-refractivity contribution in [1.82, 2.24) is 14.6 Å². The van der Waals surface area contributed by atoms with Crippen molar-refractivity contribution in [2.45, 2.75) is 6.42 Å². The third kappa shape index (κ3) is 2.27. The van der Waals surface area contributed by atoms with E-state index in [4.69, 9.17) is 10.9 Å². The average molecular weight is 234 g/mol. The van der Waals surface area contributed by atoms with Gasteiger partial charge in [0, 0.05) is 32.4 Å². The van der Waals surface area contributed by atoms with E-state index in [0.717, 1.165) is 11.3 Å². The number of hydrogen-bond donors (Lipinski definition) is 2. The lowest BCUT2D eigenvalue weighted by Gasteiger charge is -2.18. The van der Waals surface area contributed by atoms with Crippen LogP contribution >= 0.6 is 0 Å². The number of fused-ring (bicyclic) bond motifs is 1. The van der Waals surface area contributed by atoms with Crippen LogP contribution in [0.3, 0.4) is 0 Å². The van der Waals surface area contributed by atoms with Crippen molar-refractivity contribution in [1.29, 1.82) is 0 Å². The summed E-state index contributed by atoms with van der Waals surface area (Å²) in [5, 5.41) is 15.5. The van der Waals surface area contributed by atoms with Crippen molar-refractivity contribution < 1.29 is 5.21 Å². The maximum atomic E-state index is 8.47. The molecule has 90 valence electrons. The quantitative estimate of drug-likeness (QED) is 0.343. The topological polar surface area (TPSA) is 92.0 Å². The third-order valence-corrected chi connectivity index (χ3v) is 2.50. The molecule has 0 radical (unpaired) electrons. The summed E-state index contributed by atoms with van der Waals surface area (Å²) < 4.78 is 1.75. The van der Waals surface area contributed by atoms with Crippen molar-refractivity contribution in [2.75, 3.05) is 18.5 Å². The zero-order valence-corrected chi connectivity index (χ0v) is 9.48. The minimum atomic E-state index is 0.206. The largest absolute Gasteiger partial charge is 0.409 e. The minimum Gasteiger partial charge on any atom is -0.409 e. The Kier molecular flexibility index (Phi) is 3.08. The monoisotopic (exact) mass is 234 g/mol. The van der Waals surface area contributed by atoms with Crippen molar-refractivity contribution >= 4 is 17.2 Å². The van der Waals surface area contributed by atoms with Gasteiger partial charge in [-0.05, 0) is 6.07 Å². The molecule has 7 heteroatoms. The van der Waals surface area contributed by atoms with E-state index < -0.39 is 0 Å². The number of oxime groups is 1. The van der Waals surface area contributed by atoms with Gasteiger partial charge < -0.3 is 15.8 Å². The van der Waals surface area contributed by atoms with Gasteiger partial charge in [0.05, 0.1) is 6.20 Å². The van der Waals surface area contributed by atoms with Gasteiger partial charge in [0.25, 0.3) is 0 Å². The van der Waals surface area contributed by atoms with E-state index in [9.17, 15) is 0 Å². The van der Waals surface area contributed by atoms with E-state index in [-0.39, 0.29) is 5.84 Å². The van der Waals surface area contributed by atoms with E-state index in [1.807, 2.05) is 18.0 Å². The van der Waals surface area contributed by atoms with E-state index in [0.29, 0.717) is 13.0 Å². The van der Waals surface area contributed by atoms with E-state index in [2.05, 4.69) is 15.2 Å². The zero-order chi connectivity index (χ0) is 12.3. The number of nitrogens with zero attached hydrogens (tertiary/aromatic N) is 5. The van der Waals surface area contributed by atoms with Crippen LogP contribution in [-0.4, -0.2) is 39.2 Å². The van der Waals surface area contributed by atoms with Crippen LogP contribution in [0.15, 0.2) is 29.8 Å². The first-order chi connectivity index (χ1) is 8.22. The fraction of sp³-hybridized carbons (Fsp3) is 0.300. The SMILES string of the molecule is CN(CC/C(N)=N/O)c1nccn2nccc12. The molecule has 0 saturated carbocycles. The lowest BCUT2D eigenvalue weighted by molar-refractivity contribution is 0.317. The highest BCUT2D eigenvalue weighted by Gasteiger charge is 2.08. The highest BCUT2D eigenvalue weighted by molar-refractivity contribution is 5.80. The van der Waals surface area contributed by atoms with Gasteiger partial charge in [-0.2, -0.15) is 5.10 Å². The Morgan fingerprint density at radius 1 is 1.59 bits per heavy atom. The molecule has 0 bridgehead atoms. The van der Waals surface area contributed by atoms with E-state index >= 15 is 0 Å². The van der Waals surface area contributed by atoms with Gasteiger partial charge in [0.15, 0.2) is 5.82 Å². The summed E-state index contributed by atoms with van der Waals surface area (Å²) in [6, 6.07) is 1.89. The predicted molar refractivity (Wildman–Crippen MR) is 64.3 cm³/mol. The lowest BCUT2D eigenvalue weighted by Crippen LogP contribution is -2.25. The van der Waals surface area contributed by atoms with Crippen LogP contribution < -0.4 is 10.6 Å². The standard InChI is InChI=1S/C10H14N6O/c1-15(6-3-9(11)14-17)10-8-2-4-13-16(8)7-5-12-10/h2,4-5,7,17H,3,6H2,1H3,(H2,11,14). The fourth-order valence-corrected chi connectivity index (χ4v) is 1.58. The number of amidine groups is 1. The molecule has 0 saturated heterocycles. The lowest BCUT2D eigenvalue weighted by atomic mass is 10.3. The zero-order valence-electron chi connectivity index (χ0n) is 9.48. The maximum Gasteiger partial charge on any atom is 0.154 e. The normalized spacial score (nSPS) is 11.9. The van der Waals surface area contributed by atoms with Crippen LogP contribution in [0.4, 0.5) is 5.82 Å². The summed E-state index contributed by atoms with van der Waals surface area (Å²) in [4.78, 5) is 6.24. The minimum absolute atomic E-state index is 0.206. The smallest absolute Gasteiger partial charge is 0.154 e. The number of anilines is 1. The molecule has 7 nitrogen and oxygen atoms in total. The molecule has 0 spiro atoms. The molecular formula is C10H14N6O. The van der Waals surface area contributed by atoms with Crippen LogP contribution in [0.25, 0.3) is 5.52 Å². The number of hydrogen-bond acceptors (Lipinski definition) is 5. The van der Waals surface area contributed by atoms with Crippen LogP contribution in [0.1, 0.15) is 6.42 Å². The second-order valence-electron chi connectivity index (χ2n) is 3.67. The molecule has 2 rings (SSSR count). The second-order valence-corrected chi connectivity index (χ2v) is 3.67. The van der Waals surface area contributed by atoms with Gasteiger partial charge in [0.1, 0.15) is 11.4 Å². The van der Waals surface area contributed by atoms with E-state index in [1.165, 1.54) is 0 Å². The molecule has 2 heterocycles. The molecule has 17 heavy (non-hydrogen) atoms. The molecule has 0 atom stereocenters. The van der Waals surface area contributed by atoms with Crippen LogP contribution in [0.2, 0.25) is 0 Å². The predicted octanol–water partition coefficient (Wildman–Crippen LogP) is 0.302. The first-order valence-electron chi connectivity index (χ1n) is 5.18. The molecule has 2 aromatic rings. The van der Waals surface area contributed by atoms with Gasteiger partial charge in [0.2, 0.25) is 0 Å². The van der Waals surface area contributed by atoms with Gasteiger partial charge in [-0.25, -0.2) is 9.50 Å². The van der Waals surface area contributed by atoms with Crippen LogP contribution in [0, 0.1) is 0 Å². The number of aromatic nitrogens is 3. The molecule has 0 amide bonds. The molecule has 0 aliphatic carbocycles. The van der Waals surface area contributed by atoms with Crippen molar-refractivity contribution in [2.24, 2.45) is 10.9 Å². The average Bonchev–Trinajstić information content (AvgIpc) is 2.83. The Hall–Kier alpha value is -2.31. The van der Waals surface area contributed by atoms with Gasteiger partial charge in [-0.1, -0.05) is 5.16 Å². The summed E-state index contributed by atoms with van der Waals surface area (Å²) in [6.07, 6.45) is 5.67. The van der Waals surface area contributed by atoms with Crippen molar-refractivity contribution in [3.05, 3.63) is 24.7 Å². The first kappa shape index (κ1) is 11.2. The Bertz CT molecular complexity index is 534. The van der Waals surface area contributed by atoms with Gasteiger partial charge >= 0.3 is 0 Å². The fourth-order valence-electron chi connectivity index (χ4n) is 1.58. The van der Waals surface area contributed by atoms with Gasteiger partial charge in [-0.15, -0.1) is 0 Å². The molecule has 0 aliphatic heterocycles. The van der Waals surface area contributed by atoms with Crippen molar-refractivity contribution in [3.8, 4) is 0 Å². The Morgan fingerprint density at radius 2 is 2.41 bits per heavy atom. The highest BCUT2D eigenvalue weighted by atomic mass is 16.4. The van der Waals surface area contributed by atoms with Crippen LogP contribution in [-0.2, 0) is 0 Å². The molecule has 0 unspecified atom stereocenters. The number of rotatable bonds is 4. The summed E-state index contributed by atoms with van der Waals surface area (Å²) in [5.74, 6) is 1.02. The maximum absolute atomic E-state index is 8.47. The molecule has 0 aromatic carbocycles. The molecule has 0 aliphatic rings. The molecule has 0 fully saturated rings. The van der Waals surface area contributed by atoms with E-state index in [1.54, 1.807) is 23.1 Å². The first-order valence-corrected chi connectivity index (χ1v) is 5.18. The Morgan fingerprint density at radius 3 is 3.18 bits per heavy atom. The molecular weight excluding hydrogens is 220 g/mol. The summed E-state index contributed by atoms with van der Waals surface area (Å²) >= 11 is 0. The summed E-state index contributed by atoms with van der Waals surface area (Å²) in [5.41, 5.74) is 6.35. The van der Waals surface area contributed by atoms with Crippen LogP contribution in [0.5, 0.6) is 0 Å².